The summed E-state index contributed by atoms with van der Waals surface area (Å²) in [6.07, 6.45) is -3.34. The molecule has 2 heterocycles. The molecule has 8 heteroatoms. The minimum absolute atomic E-state index is 0.137. The Labute approximate surface area is 146 Å². The topological polar surface area (TPSA) is 79.7 Å². The second kappa shape index (κ2) is 7.35. The third-order valence-electron chi connectivity index (χ3n) is 2.54. The number of morpholine rings is 1. The van der Waals surface area contributed by atoms with E-state index in [1.807, 2.05) is 0 Å². The molecule has 0 saturated carbocycles. The molecule has 0 bridgehead atoms. The van der Waals surface area contributed by atoms with Gasteiger partial charge in [-0.3, -0.25) is 0 Å². The van der Waals surface area contributed by atoms with Gasteiger partial charge in [-0.05, 0) is 20.6 Å². The van der Waals surface area contributed by atoms with Gasteiger partial charge in [0, 0.05) is 37.5 Å². The Hall–Kier alpha value is -0.960. The highest BCUT2D eigenvalue weighted by Crippen LogP contribution is 2.26. The highest BCUT2D eigenvalue weighted by Gasteiger charge is 2.21. The van der Waals surface area contributed by atoms with E-state index >= 15 is 0 Å². The van der Waals surface area contributed by atoms with Crippen molar-refractivity contribution in [2.45, 2.75) is 32.2 Å². The first-order chi connectivity index (χ1) is 14.8. The van der Waals surface area contributed by atoms with Crippen LogP contribution in [0.4, 0.5) is 5.82 Å². The molecule has 21 heavy (non-hydrogen) atoms. The van der Waals surface area contributed by atoms with Gasteiger partial charge in [0.05, 0.1) is 29.1 Å². The molecule has 1 aromatic heterocycles. The molecule has 1 fully saturated rings. The fourth-order valence-electron chi connectivity index (χ4n) is 1.57. The van der Waals surface area contributed by atoms with Gasteiger partial charge in [-0.2, -0.15) is 4.37 Å². The molecular formula is C13H24N4O3S. The molecule has 1 aliphatic rings. The van der Waals surface area contributed by atoms with E-state index in [-0.39, 0.29) is 11.7 Å². The molecular weight excluding hydrogens is 292 g/mol. The molecule has 1 saturated heterocycles. The van der Waals surface area contributed by atoms with E-state index in [1.165, 1.54) is 0 Å². The van der Waals surface area contributed by atoms with Gasteiger partial charge in [-0.1, -0.05) is 0 Å². The summed E-state index contributed by atoms with van der Waals surface area (Å²) in [5, 5.41) is 12.2. The van der Waals surface area contributed by atoms with Crippen LogP contribution in [0.3, 0.4) is 0 Å². The SMILES string of the molecule is [2H]C([2H])([2H])C(NC[C@@]([2H])(O)C([2H])([2H])Oc1nsnc1N1CCOCC1)(C([2H])([2H])[2H])C([2H])([2H])[2H]. The molecule has 0 amide bonds. The van der Waals surface area contributed by atoms with Gasteiger partial charge >= 0.3 is 0 Å². The van der Waals surface area contributed by atoms with Crippen molar-refractivity contribution < 1.29 is 31.0 Å². The summed E-state index contributed by atoms with van der Waals surface area (Å²) in [4.78, 5) is 1.68. The smallest absolute Gasteiger partial charge is 0.270 e. The molecule has 2 rings (SSSR count). The molecule has 0 spiro atoms. The Morgan fingerprint density at radius 1 is 1.57 bits per heavy atom. The number of aliphatic hydroxyl groups is 1. The normalized spacial score (nSPS) is 30.2. The van der Waals surface area contributed by atoms with E-state index in [0.717, 1.165) is 0 Å². The lowest BCUT2D eigenvalue weighted by atomic mass is 10.1. The maximum atomic E-state index is 10.5. The molecule has 1 aliphatic heterocycles. The van der Waals surface area contributed by atoms with Crippen LogP contribution in [0.5, 0.6) is 5.88 Å². The first kappa shape index (κ1) is 6.66. The Bertz CT molecular complexity index is 768. The number of nitrogens with zero attached hydrogens (tertiary/aromatic N) is 3. The predicted octanol–water partition coefficient (Wildman–Crippen LogP) is 0.503. The lowest BCUT2D eigenvalue weighted by molar-refractivity contribution is 0.0975. The van der Waals surface area contributed by atoms with E-state index in [9.17, 15) is 5.11 Å². The monoisotopic (exact) mass is 328 g/mol. The van der Waals surface area contributed by atoms with Crippen LogP contribution in [0.2, 0.25) is 0 Å². The zero-order valence-electron chi connectivity index (χ0n) is 23.0. The number of nitrogens with one attached hydrogen (secondary N) is 1. The first-order valence-electron chi connectivity index (χ1n) is 12.1. The van der Waals surface area contributed by atoms with Gasteiger partial charge < -0.3 is 24.8 Å². The minimum Gasteiger partial charge on any atom is -0.472 e. The van der Waals surface area contributed by atoms with Crippen LogP contribution in [0.15, 0.2) is 0 Å². The van der Waals surface area contributed by atoms with Crippen molar-refractivity contribution >= 4 is 17.5 Å². The Morgan fingerprint density at radius 2 is 2.33 bits per heavy atom. The van der Waals surface area contributed by atoms with E-state index in [2.05, 4.69) is 8.75 Å². The van der Waals surface area contributed by atoms with Crippen molar-refractivity contribution in [2.24, 2.45) is 0 Å². The van der Waals surface area contributed by atoms with Crippen LogP contribution >= 0.6 is 11.7 Å². The number of aromatic nitrogens is 2. The summed E-state index contributed by atoms with van der Waals surface area (Å²) in [6, 6.07) is 0. The summed E-state index contributed by atoms with van der Waals surface area (Å²) in [6.45, 7) is -14.1. The van der Waals surface area contributed by atoms with Crippen molar-refractivity contribution in [3.8, 4) is 5.88 Å². The summed E-state index contributed by atoms with van der Waals surface area (Å²) >= 11 is 0.683. The number of anilines is 1. The maximum absolute atomic E-state index is 10.5. The molecule has 2 N–H and O–H groups in total. The lowest BCUT2D eigenvalue weighted by Crippen LogP contribution is -2.42. The van der Waals surface area contributed by atoms with E-state index in [0.29, 0.717) is 38.0 Å². The largest absolute Gasteiger partial charge is 0.472 e. The van der Waals surface area contributed by atoms with E-state index in [4.69, 9.17) is 25.9 Å². The van der Waals surface area contributed by atoms with Crippen LogP contribution < -0.4 is 15.0 Å². The number of hydrogen-bond acceptors (Lipinski definition) is 8. The molecule has 1 aromatic rings. The summed E-state index contributed by atoms with van der Waals surface area (Å²) in [5.74, 6) is -0.218. The Balaban J connectivity index is 2.30. The highest BCUT2D eigenvalue weighted by molar-refractivity contribution is 6.99. The zero-order valence-corrected chi connectivity index (χ0v) is 11.9. The number of β-amino-alcohol motifs (C(OH)–C–C–N with tert-alkyl or cyclic N) is 1. The van der Waals surface area contributed by atoms with Gasteiger partial charge in [-0.15, -0.1) is 4.37 Å². The molecule has 0 aliphatic carbocycles. The molecule has 0 radical (unpaired) electrons. The zero-order chi connectivity index (χ0) is 25.5. The van der Waals surface area contributed by atoms with Crippen molar-refractivity contribution in [1.29, 1.82) is 0 Å². The predicted molar refractivity (Wildman–Crippen MR) is 82.2 cm³/mol. The summed E-state index contributed by atoms with van der Waals surface area (Å²) in [7, 11) is 0. The van der Waals surface area contributed by atoms with Crippen LogP contribution in [0.1, 0.15) is 37.0 Å². The van der Waals surface area contributed by atoms with Crippen LogP contribution in [0, 0.1) is 0 Å². The number of ether oxygens (including phenoxy) is 2. The van der Waals surface area contributed by atoms with Crippen molar-refractivity contribution in [3.05, 3.63) is 0 Å². The average molecular weight is 329 g/mol. The quantitative estimate of drug-likeness (QED) is 0.787. The van der Waals surface area contributed by atoms with Crippen molar-refractivity contribution in [3.63, 3.8) is 0 Å². The van der Waals surface area contributed by atoms with Crippen molar-refractivity contribution in [2.75, 3.05) is 44.3 Å². The highest BCUT2D eigenvalue weighted by atomic mass is 32.1. The van der Waals surface area contributed by atoms with Gasteiger partial charge in [0.1, 0.15) is 12.6 Å². The maximum Gasteiger partial charge on any atom is 0.270 e. The minimum atomic E-state index is -3.64. The molecule has 7 nitrogen and oxygen atoms in total. The lowest BCUT2D eigenvalue weighted by Gasteiger charge is -2.27. The number of hydrogen-bond donors (Lipinski definition) is 2. The van der Waals surface area contributed by atoms with Gasteiger partial charge in [0.15, 0.2) is 0 Å². The second-order valence-electron chi connectivity index (χ2n) is 4.25. The van der Waals surface area contributed by atoms with Crippen LogP contribution in [0.25, 0.3) is 0 Å². The molecule has 0 unspecified atom stereocenters. The van der Waals surface area contributed by atoms with Gasteiger partial charge in [-0.25, -0.2) is 0 Å². The summed E-state index contributed by atoms with van der Waals surface area (Å²) in [5.41, 5.74) is -3.56. The third-order valence-corrected chi connectivity index (χ3v) is 3.04. The van der Waals surface area contributed by atoms with Crippen molar-refractivity contribution in [1.82, 2.24) is 14.1 Å². The fourth-order valence-corrected chi connectivity index (χ4v) is 2.07. The summed E-state index contributed by atoms with van der Waals surface area (Å²) < 4.78 is 110. The molecule has 120 valence electrons. The van der Waals surface area contributed by atoms with E-state index in [1.54, 1.807) is 10.2 Å². The van der Waals surface area contributed by atoms with Crippen LogP contribution in [-0.2, 0) is 4.74 Å². The standard InChI is InChI=1S/C13H24N4O3S/c1-13(2,3)14-8-10(18)9-20-12-11(15-21-16-12)17-4-6-19-7-5-17/h10,14,18H,4-9H2,1-3H3/t10-/m1/s1/i1D3,2D3,3D3,9D2,10D. The average Bonchev–Trinajstić information content (AvgIpc) is 3.06. The van der Waals surface area contributed by atoms with Crippen LogP contribution in [-0.4, -0.2) is 64.9 Å². The Morgan fingerprint density at radius 3 is 3.05 bits per heavy atom. The Kier molecular flexibility index (Phi) is 2.33. The molecule has 1 atom stereocenters. The first-order valence-corrected chi connectivity index (χ1v) is 6.82. The molecule has 0 aromatic carbocycles. The van der Waals surface area contributed by atoms with Gasteiger partial charge in [0.25, 0.3) is 5.88 Å². The third kappa shape index (κ3) is 5.39. The fraction of sp³-hybridized carbons (Fsp3) is 0.846. The van der Waals surface area contributed by atoms with E-state index < -0.39 is 45.3 Å². The number of rotatable bonds is 6. The van der Waals surface area contributed by atoms with Gasteiger partial charge in [0.2, 0.25) is 5.82 Å². The second-order valence-corrected chi connectivity index (χ2v) is 4.78.